The highest BCUT2D eigenvalue weighted by molar-refractivity contribution is 5.36. The van der Waals surface area contributed by atoms with Crippen LogP contribution in [0.2, 0.25) is 0 Å². The van der Waals surface area contributed by atoms with E-state index in [2.05, 4.69) is 26.0 Å². The quantitative estimate of drug-likeness (QED) is 0.670. The Morgan fingerprint density at radius 1 is 1.29 bits per heavy atom. The molecule has 0 aromatic heterocycles. The third kappa shape index (κ3) is 2.87. The molecule has 0 aliphatic carbocycles. The maximum absolute atomic E-state index is 10.0. The van der Waals surface area contributed by atoms with Gasteiger partial charge in [0.2, 0.25) is 0 Å². The molecule has 2 nitrogen and oxygen atoms in total. The van der Waals surface area contributed by atoms with Crippen LogP contribution in [0.5, 0.6) is 0 Å². The van der Waals surface area contributed by atoms with Crippen molar-refractivity contribution >= 4 is 6.47 Å². The van der Waals surface area contributed by atoms with Crippen molar-refractivity contribution in [1.29, 1.82) is 0 Å². The van der Waals surface area contributed by atoms with Crippen LogP contribution in [-0.2, 0) is 9.53 Å². The zero-order chi connectivity index (χ0) is 10.4. The van der Waals surface area contributed by atoms with E-state index in [4.69, 9.17) is 4.74 Å². The first kappa shape index (κ1) is 10.8. The van der Waals surface area contributed by atoms with Crippen LogP contribution in [0.25, 0.3) is 0 Å². The summed E-state index contributed by atoms with van der Waals surface area (Å²) >= 11 is 0. The van der Waals surface area contributed by atoms with Crippen molar-refractivity contribution in [3.05, 3.63) is 35.9 Å². The standard InChI is InChI=1S/C12H16O2/c1-10(8-14-9-13)11(2)12-6-4-3-5-7-12/h3-7,9-11H,8H2,1-2H3. The lowest BCUT2D eigenvalue weighted by atomic mass is 9.90. The molecule has 1 rings (SSSR count). The van der Waals surface area contributed by atoms with Gasteiger partial charge in [-0.15, -0.1) is 0 Å². The molecule has 1 aromatic rings. The monoisotopic (exact) mass is 192 g/mol. The molecule has 0 radical (unpaired) electrons. The lowest BCUT2D eigenvalue weighted by Gasteiger charge is -2.18. The van der Waals surface area contributed by atoms with Crippen molar-refractivity contribution in [1.82, 2.24) is 0 Å². The summed E-state index contributed by atoms with van der Waals surface area (Å²) in [7, 11) is 0. The molecule has 14 heavy (non-hydrogen) atoms. The Morgan fingerprint density at radius 2 is 1.93 bits per heavy atom. The average Bonchev–Trinajstić information content (AvgIpc) is 2.26. The van der Waals surface area contributed by atoms with Gasteiger partial charge in [0, 0.05) is 0 Å². The van der Waals surface area contributed by atoms with Gasteiger partial charge in [0.15, 0.2) is 0 Å². The van der Waals surface area contributed by atoms with Crippen molar-refractivity contribution in [3.63, 3.8) is 0 Å². The first-order valence-electron chi connectivity index (χ1n) is 4.86. The van der Waals surface area contributed by atoms with Crippen LogP contribution in [0, 0.1) is 5.92 Å². The second-order valence-corrected chi connectivity index (χ2v) is 3.61. The van der Waals surface area contributed by atoms with Gasteiger partial charge in [-0.3, -0.25) is 4.79 Å². The molecule has 0 amide bonds. The summed E-state index contributed by atoms with van der Waals surface area (Å²) in [4.78, 5) is 10.0. The molecule has 0 N–H and O–H groups in total. The predicted molar refractivity (Wildman–Crippen MR) is 56.0 cm³/mol. The van der Waals surface area contributed by atoms with Gasteiger partial charge in [-0.1, -0.05) is 44.2 Å². The molecule has 2 heteroatoms. The zero-order valence-corrected chi connectivity index (χ0v) is 8.64. The Morgan fingerprint density at radius 3 is 2.50 bits per heavy atom. The van der Waals surface area contributed by atoms with Crippen LogP contribution < -0.4 is 0 Å². The van der Waals surface area contributed by atoms with Crippen LogP contribution in [0.15, 0.2) is 30.3 Å². The largest absolute Gasteiger partial charge is 0.468 e. The Kier molecular flexibility index (Phi) is 4.17. The lowest BCUT2D eigenvalue weighted by Crippen LogP contribution is -2.12. The van der Waals surface area contributed by atoms with E-state index in [0.29, 0.717) is 24.9 Å². The number of rotatable bonds is 5. The first-order chi connectivity index (χ1) is 6.75. The van der Waals surface area contributed by atoms with Gasteiger partial charge >= 0.3 is 0 Å². The fourth-order valence-corrected chi connectivity index (χ4v) is 1.42. The Labute approximate surface area is 84.9 Å². The van der Waals surface area contributed by atoms with Gasteiger partial charge in [-0.25, -0.2) is 0 Å². The normalized spacial score (nSPS) is 14.4. The maximum atomic E-state index is 10.0. The summed E-state index contributed by atoms with van der Waals surface area (Å²) in [5.74, 6) is 0.763. The third-order valence-corrected chi connectivity index (χ3v) is 2.61. The van der Waals surface area contributed by atoms with Crippen molar-refractivity contribution in [2.75, 3.05) is 6.61 Å². The number of hydrogen-bond donors (Lipinski definition) is 0. The minimum atomic E-state index is 0.350. The number of benzene rings is 1. The maximum Gasteiger partial charge on any atom is 0.293 e. The number of ether oxygens (including phenoxy) is 1. The van der Waals surface area contributed by atoms with Crippen molar-refractivity contribution < 1.29 is 9.53 Å². The summed E-state index contributed by atoms with van der Waals surface area (Å²) < 4.78 is 4.76. The second-order valence-electron chi connectivity index (χ2n) is 3.61. The number of carbonyl (C=O) groups excluding carboxylic acids is 1. The fraction of sp³-hybridized carbons (Fsp3) is 0.417. The van der Waals surface area contributed by atoms with Gasteiger partial charge in [-0.05, 0) is 17.4 Å². The molecule has 0 aliphatic heterocycles. The van der Waals surface area contributed by atoms with Crippen LogP contribution in [0.4, 0.5) is 0 Å². The summed E-state index contributed by atoms with van der Waals surface area (Å²) in [6.07, 6.45) is 0. The second kappa shape index (κ2) is 5.43. The molecule has 76 valence electrons. The predicted octanol–water partition coefficient (Wildman–Crippen LogP) is 2.60. The molecule has 1 aromatic carbocycles. The van der Waals surface area contributed by atoms with E-state index in [9.17, 15) is 4.79 Å². The highest BCUT2D eigenvalue weighted by Crippen LogP contribution is 2.23. The highest BCUT2D eigenvalue weighted by atomic mass is 16.5. The Balaban J connectivity index is 2.56. The van der Waals surface area contributed by atoms with E-state index in [1.54, 1.807) is 0 Å². The average molecular weight is 192 g/mol. The Hall–Kier alpha value is -1.31. The minimum absolute atomic E-state index is 0.350. The Bertz CT molecular complexity index is 269. The minimum Gasteiger partial charge on any atom is -0.468 e. The van der Waals surface area contributed by atoms with Crippen LogP contribution in [-0.4, -0.2) is 13.1 Å². The first-order valence-corrected chi connectivity index (χ1v) is 4.86. The van der Waals surface area contributed by atoms with Crippen LogP contribution in [0.1, 0.15) is 25.3 Å². The van der Waals surface area contributed by atoms with Gasteiger partial charge in [0.25, 0.3) is 6.47 Å². The highest BCUT2D eigenvalue weighted by Gasteiger charge is 2.13. The van der Waals surface area contributed by atoms with Gasteiger partial charge < -0.3 is 4.74 Å². The zero-order valence-electron chi connectivity index (χ0n) is 8.64. The fourth-order valence-electron chi connectivity index (χ4n) is 1.42. The van der Waals surface area contributed by atoms with Crippen molar-refractivity contribution in [2.24, 2.45) is 5.92 Å². The van der Waals surface area contributed by atoms with Gasteiger partial charge in [-0.2, -0.15) is 0 Å². The number of hydrogen-bond acceptors (Lipinski definition) is 2. The molecule has 0 saturated carbocycles. The molecule has 0 heterocycles. The van der Waals surface area contributed by atoms with Gasteiger partial charge in [0.05, 0.1) is 6.61 Å². The van der Waals surface area contributed by atoms with E-state index < -0.39 is 0 Å². The molecule has 0 spiro atoms. The SMILES string of the molecule is CC(COC=O)C(C)c1ccccc1. The summed E-state index contributed by atoms with van der Waals surface area (Å²) in [6.45, 7) is 5.23. The molecular formula is C12H16O2. The van der Waals surface area contributed by atoms with E-state index in [0.717, 1.165) is 0 Å². The summed E-state index contributed by atoms with van der Waals surface area (Å²) in [5.41, 5.74) is 1.29. The molecule has 2 atom stereocenters. The molecule has 0 fully saturated rings. The summed E-state index contributed by atoms with van der Waals surface area (Å²) in [5, 5.41) is 0. The van der Waals surface area contributed by atoms with Crippen molar-refractivity contribution in [2.45, 2.75) is 19.8 Å². The topological polar surface area (TPSA) is 26.3 Å². The van der Waals surface area contributed by atoms with E-state index >= 15 is 0 Å². The van der Waals surface area contributed by atoms with Crippen molar-refractivity contribution in [3.8, 4) is 0 Å². The molecular weight excluding hydrogens is 176 g/mol. The van der Waals surface area contributed by atoms with E-state index in [1.807, 2.05) is 18.2 Å². The third-order valence-electron chi connectivity index (χ3n) is 2.61. The van der Waals surface area contributed by atoms with E-state index in [-0.39, 0.29) is 0 Å². The molecule has 0 bridgehead atoms. The molecule has 0 aliphatic rings. The molecule has 0 saturated heterocycles. The lowest BCUT2D eigenvalue weighted by molar-refractivity contribution is -0.129. The van der Waals surface area contributed by atoms with Crippen LogP contribution in [0.3, 0.4) is 0 Å². The van der Waals surface area contributed by atoms with E-state index in [1.165, 1.54) is 5.56 Å². The summed E-state index contributed by atoms with van der Waals surface area (Å²) in [6, 6.07) is 10.3. The van der Waals surface area contributed by atoms with Gasteiger partial charge in [0.1, 0.15) is 0 Å². The number of carbonyl (C=O) groups is 1. The van der Waals surface area contributed by atoms with Crippen LogP contribution >= 0.6 is 0 Å². The smallest absolute Gasteiger partial charge is 0.293 e. The molecule has 2 unspecified atom stereocenters.